The van der Waals surface area contributed by atoms with Crippen LogP contribution in [0.5, 0.6) is 0 Å². The molecule has 4 N–H and O–H groups in total. The van der Waals surface area contributed by atoms with Crippen molar-refractivity contribution in [2.75, 3.05) is 11.9 Å². The minimum Gasteiger partial charge on any atom is -0.366 e. The Morgan fingerprint density at radius 2 is 1.84 bits per heavy atom. The molecule has 0 aromatic heterocycles. The number of nitrogens with one attached hydrogen (secondary N) is 2. The van der Waals surface area contributed by atoms with E-state index in [1.807, 2.05) is 0 Å². The Balaban J connectivity index is 1.97. The maximum Gasteiger partial charge on any atom is 0.244 e. The lowest BCUT2D eigenvalue weighted by molar-refractivity contribution is -0.138. The highest BCUT2D eigenvalue weighted by molar-refractivity contribution is 7.90. The fraction of sp³-hybridized carbons (Fsp3) is 0.333. The van der Waals surface area contributed by atoms with Crippen LogP contribution in [0.1, 0.15) is 12.8 Å². The van der Waals surface area contributed by atoms with Crippen molar-refractivity contribution < 1.29 is 26.4 Å². The van der Waals surface area contributed by atoms with Crippen molar-refractivity contribution in [2.45, 2.75) is 28.8 Å². The molecule has 1 unspecified atom stereocenters. The standard InChI is InChI=1S/C12H13ClN4O6S2/c13-6-3-7-9(4-8(6)24(14,20)21)25(22,23)16-10(15-7)5-17-11(18)1-2-12(17)19/h3-4,10,15-16H,1-2,5H2,(H2,14,20,21). The molecule has 10 nitrogen and oxygen atoms in total. The number of sulfonamides is 2. The van der Waals surface area contributed by atoms with Crippen LogP contribution < -0.4 is 15.2 Å². The van der Waals surface area contributed by atoms with E-state index in [2.05, 4.69) is 10.0 Å². The summed E-state index contributed by atoms with van der Waals surface area (Å²) in [7, 11) is -8.32. The Morgan fingerprint density at radius 1 is 1.24 bits per heavy atom. The van der Waals surface area contributed by atoms with Gasteiger partial charge >= 0.3 is 0 Å². The molecular weight excluding hydrogens is 396 g/mol. The van der Waals surface area contributed by atoms with Gasteiger partial charge in [0.15, 0.2) is 0 Å². The number of primary sulfonamides is 1. The van der Waals surface area contributed by atoms with Gasteiger partial charge in [-0.3, -0.25) is 14.5 Å². The van der Waals surface area contributed by atoms with Gasteiger partial charge in [0.1, 0.15) is 16.0 Å². The third-order valence-electron chi connectivity index (χ3n) is 3.78. The lowest BCUT2D eigenvalue weighted by Gasteiger charge is -2.30. The number of carbonyl (C=O) groups excluding carboxylic acids is 2. The second-order valence-electron chi connectivity index (χ2n) is 5.54. The molecule has 0 bridgehead atoms. The molecule has 0 aliphatic carbocycles. The number of rotatable bonds is 3. The summed E-state index contributed by atoms with van der Waals surface area (Å²) < 4.78 is 50.0. The van der Waals surface area contributed by atoms with Crippen LogP contribution in [-0.4, -0.2) is 46.3 Å². The van der Waals surface area contributed by atoms with Crippen LogP contribution in [0, 0.1) is 0 Å². The van der Waals surface area contributed by atoms with E-state index in [0.717, 1.165) is 17.0 Å². The quantitative estimate of drug-likeness (QED) is 0.551. The normalized spacial score (nSPS) is 22.6. The van der Waals surface area contributed by atoms with Crippen LogP contribution in [-0.2, 0) is 29.6 Å². The summed E-state index contributed by atoms with van der Waals surface area (Å²) in [6.07, 6.45) is -0.809. The first kappa shape index (κ1) is 18.1. The Labute approximate surface area is 148 Å². The molecule has 1 aromatic rings. The number of benzene rings is 1. The van der Waals surface area contributed by atoms with Gasteiger partial charge in [-0.05, 0) is 12.1 Å². The van der Waals surface area contributed by atoms with Gasteiger partial charge in [-0.1, -0.05) is 11.6 Å². The maximum absolute atomic E-state index is 12.4. The number of nitrogens with zero attached hydrogens (tertiary/aromatic N) is 1. The summed E-state index contributed by atoms with van der Waals surface area (Å²) in [6, 6.07) is 1.97. The zero-order chi connectivity index (χ0) is 18.6. The van der Waals surface area contributed by atoms with E-state index in [9.17, 15) is 26.4 Å². The first-order valence-electron chi connectivity index (χ1n) is 6.97. The van der Waals surface area contributed by atoms with E-state index >= 15 is 0 Å². The second kappa shape index (κ2) is 5.92. The lowest BCUT2D eigenvalue weighted by Crippen LogP contribution is -2.52. The zero-order valence-corrected chi connectivity index (χ0v) is 14.9. The molecule has 2 amide bonds. The van der Waals surface area contributed by atoms with Gasteiger partial charge in [0.25, 0.3) is 0 Å². The molecule has 1 fully saturated rings. The fourth-order valence-electron chi connectivity index (χ4n) is 2.65. The number of likely N-dealkylation sites (tertiary alicyclic amines) is 1. The van der Waals surface area contributed by atoms with Crippen molar-refractivity contribution >= 4 is 49.1 Å². The Kier molecular flexibility index (Phi) is 4.28. The monoisotopic (exact) mass is 408 g/mol. The molecule has 2 aliphatic heterocycles. The summed E-state index contributed by atoms with van der Waals surface area (Å²) in [6.45, 7) is -0.203. The third-order valence-corrected chi connectivity index (χ3v) is 6.66. The van der Waals surface area contributed by atoms with Crippen LogP contribution in [0.3, 0.4) is 0 Å². The molecule has 2 heterocycles. The maximum atomic E-state index is 12.4. The van der Waals surface area contributed by atoms with Crippen molar-refractivity contribution in [3.63, 3.8) is 0 Å². The third kappa shape index (κ3) is 3.35. The number of hydrogen-bond donors (Lipinski definition) is 3. The lowest BCUT2D eigenvalue weighted by atomic mass is 10.3. The highest BCUT2D eigenvalue weighted by Gasteiger charge is 2.36. The van der Waals surface area contributed by atoms with Crippen LogP contribution in [0.25, 0.3) is 0 Å². The molecule has 3 rings (SSSR count). The fourth-order valence-corrected chi connectivity index (χ4v) is 5.14. The van der Waals surface area contributed by atoms with E-state index in [1.165, 1.54) is 0 Å². The van der Waals surface area contributed by atoms with Gasteiger partial charge in [0, 0.05) is 12.8 Å². The highest BCUT2D eigenvalue weighted by Crippen LogP contribution is 2.33. The molecule has 1 atom stereocenters. The first-order chi connectivity index (χ1) is 11.5. The van der Waals surface area contributed by atoms with Crippen LogP contribution in [0.4, 0.5) is 5.69 Å². The minimum atomic E-state index is -4.21. The number of carbonyl (C=O) groups is 2. The molecular formula is C12H13ClN4O6S2. The van der Waals surface area contributed by atoms with Gasteiger partial charge in [-0.15, -0.1) is 0 Å². The largest absolute Gasteiger partial charge is 0.366 e. The topological polar surface area (TPSA) is 156 Å². The van der Waals surface area contributed by atoms with Crippen molar-refractivity contribution in [3.05, 3.63) is 17.2 Å². The summed E-state index contributed by atoms with van der Waals surface area (Å²) in [5.41, 5.74) is 0.0419. The van der Waals surface area contributed by atoms with Crippen LogP contribution in [0.2, 0.25) is 5.02 Å². The predicted molar refractivity (Wildman–Crippen MR) is 86.5 cm³/mol. The average Bonchev–Trinajstić information content (AvgIpc) is 2.76. The zero-order valence-electron chi connectivity index (χ0n) is 12.5. The molecule has 136 valence electrons. The van der Waals surface area contributed by atoms with Crippen molar-refractivity contribution in [1.82, 2.24) is 9.62 Å². The Hall–Kier alpha value is -1.73. The van der Waals surface area contributed by atoms with E-state index in [4.69, 9.17) is 16.7 Å². The molecule has 1 saturated heterocycles. The van der Waals surface area contributed by atoms with E-state index in [1.54, 1.807) is 0 Å². The van der Waals surface area contributed by atoms with Crippen molar-refractivity contribution in [2.24, 2.45) is 5.14 Å². The number of fused-ring (bicyclic) bond motifs is 1. The van der Waals surface area contributed by atoms with Crippen LogP contribution >= 0.6 is 11.6 Å². The minimum absolute atomic E-state index is 0.0419. The van der Waals surface area contributed by atoms with Crippen molar-refractivity contribution in [1.29, 1.82) is 0 Å². The van der Waals surface area contributed by atoms with Crippen LogP contribution in [0.15, 0.2) is 21.9 Å². The molecule has 2 aliphatic rings. The summed E-state index contributed by atoms with van der Waals surface area (Å²) in [5, 5.41) is 7.55. The second-order valence-corrected chi connectivity index (χ2v) is 9.16. The number of halogens is 1. The molecule has 13 heteroatoms. The summed E-state index contributed by atoms with van der Waals surface area (Å²) in [4.78, 5) is 23.4. The summed E-state index contributed by atoms with van der Waals surface area (Å²) >= 11 is 5.87. The average molecular weight is 409 g/mol. The van der Waals surface area contributed by atoms with E-state index in [-0.39, 0.29) is 46.8 Å². The molecule has 25 heavy (non-hydrogen) atoms. The summed E-state index contributed by atoms with van der Waals surface area (Å²) in [5.74, 6) is -0.779. The SMILES string of the molecule is NS(=O)(=O)c1cc2c(cc1Cl)NC(CN1C(=O)CCC1=O)NS2(=O)=O. The molecule has 0 radical (unpaired) electrons. The molecule has 0 saturated carbocycles. The smallest absolute Gasteiger partial charge is 0.244 e. The number of amides is 2. The first-order valence-corrected chi connectivity index (χ1v) is 10.4. The Morgan fingerprint density at radius 3 is 2.40 bits per heavy atom. The number of anilines is 1. The van der Waals surface area contributed by atoms with Gasteiger partial charge < -0.3 is 5.32 Å². The predicted octanol–water partition coefficient (Wildman–Crippen LogP) is -0.834. The molecule has 0 spiro atoms. The highest BCUT2D eigenvalue weighted by atomic mass is 35.5. The number of hydrogen-bond acceptors (Lipinski definition) is 7. The van der Waals surface area contributed by atoms with Gasteiger partial charge in [-0.2, -0.15) is 4.72 Å². The van der Waals surface area contributed by atoms with E-state index in [0.29, 0.717) is 0 Å². The van der Waals surface area contributed by atoms with Crippen molar-refractivity contribution in [3.8, 4) is 0 Å². The van der Waals surface area contributed by atoms with E-state index < -0.39 is 31.1 Å². The number of imide groups is 1. The molecule has 1 aromatic carbocycles. The van der Waals surface area contributed by atoms with Gasteiger partial charge in [0.05, 0.1) is 17.3 Å². The van der Waals surface area contributed by atoms with Gasteiger partial charge in [0.2, 0.25) is 31.9 Å². The van der Waals surface area contributed by atoms with Gasteiger partial charge in [-0.25, -0.2) is 22.0 Å². The Bertz CT molecular complexity index is 975. The number of nitrogens with two attached hydrogens (primary N) is 1.